The molecular formula is C2H3BBrN2Na. The maximum absolute atomic E-state index is 7.43. The zero-order chi connectivity index (χ0) is 5.41. The summed E-state index contributed by atoms with van der Waals surface area (Å²) in [5.41, 5.74) is 0. The number of halogens is 1. The first-order valence-electron chi connectivity index (χ1n) is 0.636. The van der Waals surface area contributed by atoms with E-state index in [1.165, 1.54) is 0 Å². The van der Waals surface area contributed by atoms with Crippen LogP contribution in [-0.2, 0) is 0 Å². The van der Waals surface area contributed by atoms with Gasteiger partial charge >= 0.3 is 29.6 Å². The fourth-order valence-electron chi connectivity index (χ4n) is 0. The topological polar surface area (TPSA) is 47.6 Å². The van der Waals surface area contributed by atoms with Crippen LogP contribution in [-0.4, -0.2) is 7.85 Å². The molecule has 0 spiro atoms. The van der Waals surface area contributed by atoms with E-state index in [1.807, 2.05) is 5.97 Å². The Balaban J connectivity index is -0.0000000400. The fourth-order valence-corrected chi connectivity index (χ4v) is 0. The summed E-state index contributed by atoms with van der Waals surface area (Å²) in [6, 6.07) is 0. The second-order valence-electron chi connectivity index (χ2n) is 0.0845. The molecule has 0 rings (SSSR count). The zero-order valence-electron chi connectivity index (χ0n) is 3.27. The largest absolute Gasteiger partial charge is 1.00 e. The molecule has 0 bridgehead atoms. The van der Waals surface area contributed by atoms with Gasteiger partial charge in [-0.2, -0.15) is 11.2 Å². The summed E-state index contributed by atoms with van der Waals surface area (Å²) < 4.78 is 0. The van der Waals surface area contributed by atoms with E-state index in [0.29, 0.717) is 0 Å². The van der Waals surface area contributed by atoms with Crippen LogP contribution in [0.2, 0.25) is 0 Å². The van der Waals surface area contributed by atoms with Crippen molar-refractivity contribution in [1.82, 2.24) is 0 Å². The molecule has 0 N–H and O–H groups in total. The van der Waals surface area contributed by atoms with Gasteiger partial charge in [0.15, 0.2) is 0 Å². The summed E-state index contributed by atoms with van der Waals surface area (Å²) >= 11 is 2.45. The van der Waals surface area contributed by atoms with E-state index in [-0.39, 0.29) is 37.4 Å². The minimum atomic E-state index is 0. The normalized spacial score (nSPS) is 2.29. The third-order valence-electron chi connectivity index (χ3n) is 0. The Morgan fingerprint density at radius 3 is 1.43 bits per heavy atom. The molecule has 0 saturated heterocycles. The number of nitriles is 2. The van der Waals surface area contributed by atoms with Gasteiger partial charge < -0.3 is 0 Å². The van der Waals surface area contributed by atoms with Crippen molar-refractivity contribution < 1.29 is 29.6 Å². The summed E-state index contributed by atoms with van der Waals surface area (Å²) in [7, 11) is 0.0694. The summed E-state index contributed by atoms with van der Waals surface area (Å²) in [6.07, 6.45) is 0. The second kappa shape index (κ2) is 31.2. The van der Waals surface area contributed by atoms with Crippen LogP contribution in [0.5, 0.6) is 0 Å². The van der Waals surface area contributed by atoms with E-state index < -0.39 is 0 Å². The second-order valence-corrected chi connectivity index (χ2v) is 0.439. The van der Waals surface area contributed by atoms with Crippen molar-refractivity contribution in [3.63, 3.8) is 0 Å². The minimum absolute atomic E-state index is 0. The Kier molecular flexibility index (Phi) is 69.8. The van der Waals surface area contributed by atoms with Crippen molar-refractivity contribution in [3.05, 3.63) is 0 Å². The Morgan fingerprint density at radius 1 is 1.43 bits per heavy atom. The summed E-state index contributed by atoms with van der Waals surface area (Å²) in [6.45, 7) is 0. The molecule has 0 radical (unpaired) electrons. The van der Waals surface area contributed by atoms with Crippen LogP contribution in [0.15, 0.2) is 0 Å². The third kappa shape index (κ3) is 485. The van der Waals surface area contributed by atoms with Gasteiger partial charge in [-0.1, -0.05) is 0 Å². The fraction of sp³-hybridized carbons (Fsp3) is 0. The van der Waals surface area contributed by atoms with Gasteiger partial charge in [0.2, 0.25) is 0 Å². The van der Waals surface area contributed by atoms with Gasteiger partial charge in [0, 0.05) is 15.9 Å². The molecule has 0 aliphatic rings. The van der Waals surface area contributed by atoms with Crippen molar-refractivity contribution in [2.75, 3.05) is 0 Å². The predicted octanol–water partition coefficient (Wildman–Crippen LogP) is -3.30. The number of hydrogen-bond acceptors (Lipinski definition) is 2. The van der Waals surface area contributed by atoms with Crippen LogP contribution in [0.1, 0.15) is 0 Å². The summed E-state index contributed by atoms with van der Waals surface area (Å²) in [5.74, 6) is 2.00. The van der Waals surface area contributed by atoms with Crippen molar-refractivity contribution in [3.8, 4) is 10.9 Å². The molecule has 5 heteroatoms. The first-order chi connectivity index (χ1) is 2.83. The van der Waals surface area contributed by atoms with Crippen LogP contribution >= 0.6 is 15.9 Å². The predicted molar refractivity (Wildman–Crippen MR) is 30.1 cm³/mol. The van der Waals surface area contributed by atoms with Crippen LogP contribution in [0.25, 0.3) is 0 Å². The Hall–Kier alpha value is 0.525. The van der Waals surface area contributed by atoms with Crippen LogP contribution < -0.4 is 29.6 Å². The molecule has 0 aromatic rings. The maximum atomic E-state index is 7.43. The molecule has 0 heterocycles. The van der Waals surface area contributed by atoms with Gasteiger partial charge in [-0.3, -0.25) is 5.26 Å². The zero-order valence-corrected chi connectivity index (χ0v) is 6.86. The third-order valence-corrected chi connectivity index (χ3v) is 0. The van der Waals surface area contributed by atoms with Crippen LogP contribution in [0.4, 0.5) is 0 Å². The Bertz CT molecular complexity index is 70.7. The van der Waals surface area contributed by atoms with Gasteiger partial charge in [-0.15, -0.1) is 0 Å². The molecule has 0 unspecified atom stereocenters. The van der Waals surface area contributed by atoms with E-state index >= 15 is 0 Å². The Labute approximate surface area is 74.3 Å². The number of hydrogen-bond donors (Lipinski definition) is 0. The first-order valence-corrected chi connectivity index (χ1v) is 1.43. The average Bonchev–Trinajstić information content (AvgIpc) is 1.39. The van der Waals surface area contributed by atoms with E-state index in [0.717, 1.165) is 0 Å². The molecule has 0 aromatic carbocycles. The molecule has 7 heavy (non-hydrogen) atoms. The monoisotopic (exact) mass is 168 g/mol. The van der Waals surface area contributed by atoms with E-state index in [4.69, 9.17) is 10.5 Å². The molecule has 32 valence electrons. The number of nitrogens with zero attached hydrogens (tertiary/aromatic N) is 2. The standard InChI is InChI=1S/CH3BN.CBrN.Na/c2*2-1-3;/h2H3;;/q-1;;+1. The van der Waals surface area contributed by atoms with Crippen molar-refractivity contribution >= 4 is 23.8 Å². The number of rotatable bonds is 0. The van der Waals surface area contributed by atoms with Crippen LogP contribution in [0.3, 0.4) is 0 Å². The molecule has 0 aromatic heterocycles. The van der Waals surface area contributed by atoms with Crippen LogP contribution in [0, 0.1) is 21.5 Å². The maximum Gasteiger partial charge on any atom is 1.00 e. The van der Waals surface area contributed by atoms with Crippen molar-refractivity contribution in [2.24, 2.45) is 0 Å². The molecule has 0 amide bonds. The van der Waals surface area contributed by atoms with E-state index in [9.17, 15) is 0 Å². The summed E-state index contributed by atoms with van der Waals surface area (Å²) in [4.78, 5) is 1.56. The molecule has 0 atom stereocenters. The molecule has 0 saturated carbocycles. The first kappa shape index (κ1) is 15.6. The molecule has 0 fully saturated rings. The summed E-state index contributed by atoms with van der Waals surface area (Å²) in [5, 5.41) is 14.7. The molecular weight excluding hydrogens is 166 g/mol. The van der Waals surface area contributed by atoms with Gasteiger partial charge in [0.05, 0.1) is 7.85 Å². The van der Waals surface area contributed by atoms with Gasteiger partial charge in [0.1, 0.15) is 4.98 Å². The molecule has 0 aliphatic heterocycles. The van der Waals surface area contributed by atoms with Gasteiger partial charge in [-0.05, 0) is 0 Å². The average molecular weight is 169 g/mol. The van der Waals surface area contributed by atoms with Gasteiger partial charge in [0.25, 0.3) is 0 Å². The molecule has 0 aliphatic carbocycles. The van der Waals surface area contributed by atoms with Gasteiger partial charge in [-0.25, -0.2) is 0 Å². The van der Waals surface area contributed by atoms with Crippen molar-refractivity contribution in [1.29, 1.82) is 10.5 Å². The minimum Gasteiger partial charge on any atom is -0.251 e. The Morgan fingerprint density at radius 2 is 1.43 bits per heavy atom. The SMILES string of the molecule is N#CBr.[BH3-]C#N.[Na+]. The van der Waals surface area contributed by atoms with E-state index in [1.54, 1.807) is 4.98 Å². The quantitative estimate of drug-likeness (QED) is 0.356. The smallest absolute Gasteiger partial charge is 0.251 e. The van der Waals surface area contributed by atoms with E-state index in [2.05, 4.69) is 15.9 Å². The van der Waals surface area contributed by atoms with Crippen molar-refractivity contribution in [2.45, 2.75) is 0 Å². The molecule has 2 nitrogen and oxygen atoms in total.